The van der Waals surface area contributed by atoms with E-state index < -0.39 is 0 Å². The first-order chi connectivity index (χ1) is 7.81. The van der Waals surface area contributed by atoms with Crippen LogP contribution in [0, 0.1) is 0 Å². The van der Waals surface area contributed by atoms with Crippen LogP contribution in [-0.2, 0) is 0 Å². The number of hydrogen-bond acceptors (Lipinski definition) is 1. The van der Waals surface area contributed by atoms with E-state index in [1.54, 1.807) is 0 Å². The number of hydrogen-bond donors (Lipinski definition) is 0. The molecule has 0 unspecified atom stereocenters. The van der Waals surface area contributed by atoms with E-state index in [1.807, 2.05) is 18.2 Å². The van der Waals surface area contributed by atoms with Crippen LogP contribution in [0.4, 0.5) is 0 Å². The fourth-order valence-corrected chi connectivity index (χ4v) is 2.02. The largest absolute Gasteiger partial charge is 0.0867 e. The molecule has 0 fully saturated rings. The second-order valence-corrected chi connectivity index (χ2v) is 4.55. The minimum Gasteiger partial charge on any atom is -0.0867 e. The van der Waals surface area contributed by atoms with Crippen LogP contribution in [0.2, 0.25) is 0 Å². The SMILES string of the molecule is S=C(CBr)c1ccc(-c2ccccc2)cc1. The quantitative estimate of drug-likeness (QED) is 0.457. The van der Waals surface area contributed by atoms with Crippen LogP contribution < -0.4 is 0 Å². The van der Waals surface area contributed by atoms with E-state index in [9.17, 15) is 0 Å². The molecular formula is C14H11BrS. The lowest BCUT2D eigenvalue weighted by atomic mass is 10.0. The lowest BCUT2D eigenvalue weighted by Crippen LogP contribution is -1.97. The molecule has 0 N–H and O–H groups in total. The van der Waals surface area contributed by atoms with Gasteiger partial charge in [-0.15, -0.1) is 0 Å². The highest BCUT2D eigenvalue weighted by molar-refractivity contribution is 9.09. The van der Waals surface area contributed by atoms with Gasteiger partial charge in [-0.05, 0) is 16.7 Å². The van der Waals surface area contributed by atoms with Crippen molar-refractivity contribution in [1.29, 1.82) is 0 Å². The molecule has 0 nitrogen and oxygen atoms in total. The molecule has 0 aromatic heterocycles. The third-order valence-electron chi connectivity index (χ3n) is 2.44. The Morgan fingerprint density at radius 2 is 1.44 bits per heavy atom. The topological polar surface area (TPSA) is 0 Å². The molecule has 0 aliphatic carbocycles. The molecule has 0 atom stereocenters. The maximum absolute atomic E-state index is 5.23. The zero-order chi connectivity index (χ0) is 11.4. The number of halogens is 1. The molecule has 0 amide bonds. The molecule has 0 bridgehead atoms. The molecule has 2 heteroatoms. The van der Waals surface area contributed by atoms with Crippen LogP contribution in [0.25, 0.3) is 11.1 Å². The van der Waals surface area contributed by atoms with Gasteiger partial charge >= 0.3 is 0 Å². The molecule has 0 saturated heterocycles. The van der Waals surface area contributed by atoms with Crippen LogP contribution in [0.3, 0.4) is 0 Å². The van der Waals surface area contributed by atoms with Crippen molar-refractivity contribution in [3.63, 3.8) is 0 Å². The van der Waals surface area contributed by atoms with Gasteiger partial charge in [-0.1, -0.05) is 82.7 Å². The molecule has 0 radical (unpaired) electrons. The number of benzene rings is 2. The van der Waals surface area contributed by atoms with Crippen LogP contribution >= 0.6 is 28.1 Å². The van der Waals surface area contributed by atoms with Crippen LogP contribution in [0.15, 0.2) is 54.6 Å². The molecular weight excluding hydrogens is 280 g/mol. The van der Waals surface area contributed by atoms with Crippen molar-refractivity contribution in [2.24, 2.45) is 0 Å². The first-order valence-corrected chi connectivity index (χ1v) is 6.59. The third-order valence-corrected chi connectivity index (χ3v) is 3.75. The van der Waals surface area contributed by atoms with Crippen molar-refractivity contribution in [3.05, 3.63) is 60.2 Å². The summed E-state index contributed by atoms with van der Waals surface area (Å²) in [6.07, 6.45) is 0. The van der Waals surface area contributed by atoms with Crippen molar-refractivity contribution in [2.75, 3.05) is 5.33 Å². The van der Waals surface area contributed by atoms with Gasteiger partial charge < -0.3 is 0 Å². The Bertz CT molecular complexity index is 474. The summed E-state index contributed by atoms with van der Waals surface area (Å²) in [7, 11) is 0. The number of thiocarbonyl (C=S) groups is 1. The van der Waals surface area contributed by atoms with Gasteiger partial charge in [0.1, 0.15) is 0 Å². The van der Waals surface area contributed by atoms with Gasteiger partial charge in [-0.25, -0.2) is 0 Å². The van der Waals surface area contributed by atoms with Gasteiger partial charge in [0, 0.05) is 10.2 Å². The van der Waals surface area contributed by atoms with Crippen LogP contribution in [0.5, 0.6) is 0 Å². The van der Waals surface area contributed by atoms with Gasteiger partial charge in [-0.2, -0.15) is 0 Å². The molecule has 0 spiro atoms. The second kappa shape index (κ2) is 5.37. The Hall–Kier alpha value is -0.990. The normalized spacial score (nSPS) is 10.1. The van der Waals surface area contributed by atoms with Crippen molar-refractivity contribution in [1.82, 2.24) is 0 Å². The zero-order valence-electron chi connectivity index (χ0n) is 8.69. The lowest BCUT2D eigenvalue weighted by Gasteiger charge is -2.03. The summed E-state index contributed by atoms with van der Waals surface area (Å²) >= 11 is 8.61. The zero-order valence-corrected chi connectivity index (χ0v) is 11.1. The van der Waals surface area contributed by atoms with Crippen molar-refractivity contribution >= 4 is 33.0 Å². The summed E-state index contributed by atoms with van der Waals surface area (Å²) < 4.78 is 0. The van der Waals surface area contributed by atoms with Crippen LogP contribution in [-0.4, -0.2) is 10.2 Å². The summed E-state index contributed by atoms with van der Waals surface area (Å²) in [5, 5.41) is 0.743. The number of alkyl halides is 1. The van der Waals surface area contributed by atoms with E-state index in [-0.39, 0.29) is 0 Å². The summed E-state index contributed by atoms with van der Waals surface area (Å²) in [6, 6.07) is 18.7. The van der Waals surface area contributed by atoms with E-state index in [2.05, 4.69) is 52.3 Å². The molecule has 2 rings (SSSR count). The van der Waals surface area contributed by atoms with E-state index in [4.69, 9.17) is 12.2 Å². The van der Waals surface area contributed by atoms with Gasteiger partial charge in [0.2, 0.25) is 0 Å². The summed E-state index contributed by atoms with van der Waals surface area (Å²) in [5.74, 6) is 0. The van der Waals surface area contributed by atoms with Crippen molar-refractivity contribution in [3.8, 4) is 11.1 Å². The molecule has 2 aromatic rings. The minimum absolute atomic E-state index is 0.743. The molecule has 0 saturated carbocycles. The predicted molar refractivity (Wildman–Crippen MR) is 77.4 cm³/mol. The van der Waals surface area contributed by atoms with Crippen molar-refractivity contribution < 1.29 is 0 Å². The Morgan fingerprint density at radius 1 is 0.875 bits per heavy atom. The van der Waals surface area contributed by atoms with Crippen LogP contribution in [0.1, 0.15) is 5.56 Å². The molecule has 0 aliphatic rings. The van der Waals surface area contributed by atoms with E-state index in [0.717, 1.165) is 15.8 Å². The summed E-state index contributed by atoms with van der Waals surface area (Å²) in [6.45, 7) is 0. The predicted octanol–water partition coefficient (Wildman–Crippen LogP) is 4.47. The molecule has 0 aliphatic heterocycles. The lowest BCUT2D eigenvalue weighted by molar-refractivity contribution is 1.60. The minimum atomic E-state index is 0.743. The Kier molecular flexibility index (Phi) is 3.86. The molecule has 16 heavy (non-hydrogen) atoms. The first-order valence-electron chi connectivity index (χ1n) is 5.06. The average molecular weight is 291 g/mol. The van der Waals surface area contributed by atoms with E-state index >= 15 is 0 Å². The highest BCUT2D eigenvalue weighted by Gasteiger charge is 2.00. The average Bonchev–Trinajstić information content (AvgIpc) is 2.39. The van der Waals surface area contributed by atoms with Gasteiger partial charge in [0.05, 0.1) is 0 Å². The highest BCUT2D eigenvalue weighted by atomic mass is 79.9. The van der Waals surface area contributed by atoms with Gasteiger partial charge in [-0.3, -0.25) is 0 Å². The summed E-state index contributed by atoms with van der Waals surface area (Å²) in [5.41, 5.74) is 3.58. The molecule has 80 valence electrons. The Morgan fingerprint density at radius 3 is 2.00 bits per heavy atom. The molecule has 0 heterocycles. The molecule has 2 aromatic carbocycles. The Balaban J connectivity index is 2.30. The van der Waals surface area contributed by atoms with E-state index in [1.165, 1.54) is 11.1 Å². The maximum Gasteiger partial charge on any atom is 0.0391 e. The standard InChI is InChI=1S/C14H11BrS/c15-10-14(16)13-8-6-12(7-9-13)11-4-2-1-3-5-11/h1-9H,10H2. The first kappa shape index (κ1) is 11.5. The smallest absolute Gasteiger partial charge is 0.0391 e. The highest BCUT2D eigenvalue weighted by Crippen LogP contribution is 2.19. The van der Waals surface area contributed by atoms with E-state index in [0.29, 0.717) is 0 Å². The summed E-state index contributed by atoms with van der Waals surface area (Å²) in [4.78, 5) is 0.944. The monoisotopic (exact) mass is 290 g/mol. The fourth-order valence-electron chi connectivity index (χ4n) is 1.56. The van der Waals surface area contributed by atoms with Crippen molar-refractivity contribution in [2.45, 2.75) is 0 Å². The maximum atomic E-state index is 5.23. The third kappa shape index (κ3) is 2.57. The Labute approximate surface area is 109 Å². The van der Waals surface area contributed by atoms with Gasteiger partial charge in [0.15, 0.2) is 0 Å². The fraction of sp³-hybridized carbons (Fsp3) is 0.0714. The van der Waals surface area contributed by atoms with Gasteiger partial charge in [0.25, 0.3) is 0 Å². The number of rotatable bonds is 3. The second-order valence-electron chi connectivity index (χ2n) is 3.50.